The molecular formula is C22H23Cl2FN4O3S. The van der Waals surface area contributed by atoms with Crippen LogP contribution in [0.2, 0.25) is 10.0 Å². The SMILES string of the molecule is C[C@H](Oc1ccc2nc(NC(=O)NCCN3CCOCC3)sc2c1)c1c(Cl)ccc(F)c1Cl. The van der Waals surface area contributed by atoms with Gasteiger partial charge in [0.1, 0.15) is 17.7 Å². The summed E-state index contributed by atoms with van der Waals surface area (Å²) in [6.45, 7) is 6.27. The Balaban J connectivity index is 1.36. The van der Waals surface area contributed by atoms with Gasteiger partial charge in [-0.25, -0.2) is 14.2 Å². The van der Waals surface area contributed by atoms with E-state index in [-0.39, 0.29) is 11.1 Å². The molecule has 4 rings (SSSR count). The van der Waals surface area contributed by atoms with Gasteiger partial charge in [-0.1, -0.05) is 34.5 Å². The number of morpholine rings is 1. The normalized spacial score (nSPS) is 15.4. The predicted octanol–water partition coefficient (Wildman–Crippen LogP) is 5.34. The molecule has 1 atom stereocenters. The summed E-state index contributed by atoms with van der Waals surface area (Å²) in [5.74, 6) is -0.0000735. The molecule has 1 aromatic heterocycles. The Labute approximate surface area is 204 Å². The van der Waals surface area contributed by atoms with Gasteiger partial charge in [0, 0.05) is 36.8 Å². The van der Waals surface area contributed by atoms with Crippen molar-refractivity contribution in [2.45, 2.75) is 13.0 Å². The molecule has 0 spiro atoms. The molecule has 2 aromatic carbocycles. The lowest BCUT2D eigenvalue weighted by molar-refractivity contribution is 0.0388. The largest absolute Gasteiger partial charge is 0.486 e. The van der Waals surface area contributed by atoms with Gasteiger partial charge in [0.25, 0.3) is 0 Å². The van der Waals surface area contributed by atoms with Crippen molar-refractivity contribution in [1.82, 2.24) is 15.2 Å². The van der Waals surface area contributed by atoms with Crippen molar-refractivity contribution in [3.63, 3.8) is 0 Å². The van der Waals surface area contributed by atoms with Crippen LogP contribution in [-0.4, -0.2) is 55.3 Å². The Kier molecular flexibility index (Phi) is 7.87. The number of thiazole rings is 1. The number of carbonyl (C=O) groups is 1. The Bertz CT molecular complexity index is 1140. The van der Waals surface area contributed by atoms with Crippen molar-refractivity contribution in [1.29, 1.82) is 0 Å². The van der Waals surface area contributed by atoms with Crippen LogP contribution >= 0.6 is 34.5 Å². The maximum atomic E-state index is 13.8. The van der Waals surface area contributed by atoms with Gasteiger partial charge in [0.15, 0.2) is 5.13 Å². The number of benzene rings is 2. The molecule has 3 aromatic rings. The number of amides is 2. The second kappa shape index (κ2) is 10.8. The number of carbonyl (C=O) groups excluding carboxylic acids is 1. The smallest absolute Gasteiger partial charge is 0.321 e. The number of fused-ring (bicyclic) bond motifs is 1. The third-order valence-electron chi connectivity index (χ3n) is 5.20. The van der Waals surface area contributed by atoms with Crippen molar-refractivity contribution in [3.8, 4) is 5.75 Å². The fourth-order valence-electron chi connectivity index (χ4n) is 3.50. The standard InChI is InChI=1S/C22H23Cl2FN4O3S/c1-13(19-15(23)3-4-16(25)20(19)24)32-14-2-5-17-18(12-14)33-22(27-17)28-21(30)26-6-7-29-8-10-31-11-9-29/h2-5,12-13H,6-11H2,1H3,(H2,26,27,28,30)/t13-/m0/s1. The number of nitrogens with zero attached hydrogens (tertiary/aromatic N) is 2. The average Bonchev–Trinajstić information content (AvgIpc) is 3.18. The molecule has 1 aliphatic rings. The van der Waals surface area contributed by atoms with Crippen LogP contribution in [-0.2, 0) is 4.74 Å². The van der Waals surface area contributed by atoms with Gasteiger partial charge in [-0.05, 0) is 37.3 Å². The van der Waals surface area contributed by atoms with E-state index in [2.05, 4.69) is 20.5 Å². The Morgan fingerprint density at radius 2 is 2.09 bits per heavy atom. The minimum absolute atomic E-state index is 0.0556. The molecule has 7 nitrogen and oxygen atoms in total. The fourth-order valence-corrected chi connectivity index (χ4v) is 5.07. The quantitative estimate of drug-likeness (QED) is 0.418. The molecule has 0 bridgehead atoms. The zero-order valence-electron chi connectivity index (χ0n) is 17.9. The minimum atomic E-state index is -0.569. The number of anilines is 1. The maximum Gasteiger partial charge on any atom is 0.321 e. The highest BCUT2D eigenvalue weighted by molar-refractivity contribution is 7.22. The van der Waals surface area contributed by atoms with Crippen LogP contribution in [0.1, 0.15) is 18.6 Å². The summed E-state index contributed by atoms with van der Waals surface area (Å²) in [6.07, 6.45) is -0.569. The lowest BCUT2D eigenvalue weighted by atomic mass is 10.1. The Hall–Kier alpha value is -2.17. The van der Waals surface area contributed by atoms with Crippen LogP contribution in [0.4, 0.5) is 14.3 Å². The summed E-state index contributed by atoms with van der Waals surface area (Å²) in [7, 11) is 0. The molecule has 33 heavy (non-hydrogen) atoms. The summed E-state index contributed by atoms with van der Waals surface area (Å²) >= 11 is 13.6. The summed E-state index contributed by atoms with van der Waals surface area (Å²) in [6, 6.07) is 7.73. The topological polar surface area (TPSA) is 75.7 Å². The molecule has 1 saturated heterocycles. The predicted molar refractivity (Wildman–Crippen MR) is 129 cm³/mol. The van der Waals surface area contributed by atoms with Crippen molar-refractivity contribution in [2.24, 2.45) is 0 Å². The maximum absolute atomic E-state index is 13.8. The molecule has 1 fully saturated rings. The second-order valence-electron chi connectivity index (χ2n) is 7.50. The molecule has 0 saturated carbocycles. The number of halogens is 3. The molecule has 0 unspecified atom stereocenters. The first kappa shape index (κ1) is 24.0. The van der Waals surface area contributed by atoms with Crippen LogP contribution in [0, 0.1) is 5.82 Å². The molecule has 2 amide bonds. The van der Waals surface area contributed by atoms with Crippen LogP contribution < -0.4 is 15.4 Å². The highest BCUT2D eigenvalue weighted by atomic mass is 35.5. The molecule has 2 N–H and O–H groups in total. The van der Waals surface area contributed by atoms with Gasteiger partial charge in [0.05, 0.1) is 28.5 Å². The number of ether oxygens (including phenoxy) is 2. The zero-order valence-corrected chi connectivity index (χ0v) is 20.2. The van der Waals surface area contributed by atoms with E-state index < -0.39 is 11.9 Å². The van der Waals surface area contributed by atoms with Crippen LogP contribution in [0.3, 0.4) is 0 Å². The highest BCUT2D eigenvalue weighted by Gasteiger charge is 2.19. The summed E-state index contributed by atoms with van der Waals surface area (Å²) in [5.41, 5.74) is 1.12. The molecular weight excluding hydrogens is 490 g/mol. The van der Waals surface area contributed by atoms with Crippen LogP contribution in [0.25, 0.3) is 10.2 Å². The van der Waals surface area contributed by atoms with Crippen molar-refractivity contribution in [3.05, 3.63) is 51.8 Å². The fraction of sp³-hybridized carbons (Fsp3) is 0.364. The van der Waals surface area contributed by atoms with E-state index in [4.69, 9.17) is 32.7 Å². The van der Waals surface area contributed by atoms with Gasteiger partial charge in [-0.2, -0.15) is 0 Å². The highest BCUT2D eigenvalue weighted by Crippen LogP contribution is 2.36. The first-order valence-corrected chi connectivity index (χ1v) is 12.0. The second-order valence-corrected chi connectivity index (χ2v) is 9.32. The van der Waals surface area contributed by atoms with Gasteiger partial charge < -0.3 is 14.8 Å². The zero-order chi connectivity index (χ0) is 23.4. The van der Waals surface area contributed by atoms with Crippen LogP contribution in [0.5, 0.6) is 5.75 Å². The van der Waals surface area contributed by atoms with E-state index in [0.29, 0.717) is 28.0 Å². The van der Waals surface area contributed by atoms with E-state index in [1.54, 1.807) is 19.1 Å². The first-order chi connectivity index (χ1) is 15.9. The molecule has 2 heterocycles. The van der Waals surface area contributed by atoms with Crippen LogP contribution in [0.15, 0.2) is 30.3 Å². The van der Waals surface area contributed by atoms with E-state index in [0.717, 1.165) is 43.1 Å². The van der Waals surface area contributed by atoms with Crippen molar-refractivity contribution >= 4 is 55.9 Å². The third kappa shape index (κ3) is 6.04. The monoisotopic (exact) mass is 512 g/mol. The molecule has 0 radical (unpaired) electrons. The molecule has 176 valence electrons. The third-order valence-corrected chi connectivity index (χ3v) is 6.84. The molecule has 1 aliphatic heterocycles. The number of rotatable bonds is 7. The lowest BCUT2D eigenvalue weighted by Gasteiger charge is -2.26. The van der Waals surface area contributed by atoms with Gasteiger partial charge in [0.2, 0.25) is 0 Å². The van der Waals surface area contributed by atoms with Crippen molar-refractivity contribution < 1.29 is 18.7 Å². The Morgan fingerprint density at radius 1 is 1.30 bits per heavy atom. The van der Waals surface area contributed by atoms with E-state index in [9.17, 15) is 9.18 Å². The average molecular weight is 513 g/mol. The minimum Gasteiger partial charge on any atom is -0.486 e. The lowest BCUT2D eigenvalue weighted by Crippen LogP contribution is -2.42. The van der Waals surface area contributed by atoms with E-state index in [1.807, 2.05) is 6.07 Å². The van der Waals surface area contributed by atoms with Gasteiger partial charge in [-0.3, -0.25) is 10.2 Å². The first-order valence-electron chi connectivity index (χ1n) is 10.5. The van der Waals surface area contributed by atoms with Gasteiger partial charge >= 0.3 is 6.03 Å². The van der Waals surface area contributed by atoms with Gasteiger partial charge in [-0.15, -0.1) is 0 Å². The van der Waals surface area contributed by atoms with E-state index in [1.165, 1.54) is 23.5 Å². The summed E-state index contributed by atoms with van der Waals surface area (Å²) in [4.78, 5) is 18.9. The van der Waals surface area contributed by atoms with E-state index >= 15 is 0 Å². The number of hydrogen-bond donors (Lipinski definition) is 2. The Morgan fingerprint density at radius 3 is 2.88 bits per heavy atom. The number of hydrogen-bond acceptors (Lipinski definition) is 6. The summed E-state index contributed by atoms with van der Waals surface area (Å²) < 4.78 is 26.0. The summed E-state index contributed by atoms with van der Waals surface area (Å²) in [5, 5.41) is 6.38. The van der Waals surface area contributed by atoms with Crippen molar-refractivity contribution in [2.75, 3.05) is 44.7 Å². The molecule has 0 aliphatic carbocycles. The number of aromatic nitrogens is 1. The number of nitrogens with one attached hydrogen (secondary N) is 2. The number of urea groups is 1. The molecule has 11 heteroatoms.